The topological polar surface area (TPSA) is 85.2 Å². The Balaban J connectivity index is 2.02. The van der Waals surface area contributed by atoms with Crippen LogP contribution in [0.15, 0.2) is 18.2 Å². The number of alkyl halides is 3. The number of urea groups is 1. The summed E-state index contributed by atoms with van der Waals surface area (Å²) in [6.07, 6.45) is -2.62. The van der Waals surface area contributed by atoms with Crippen LogP contribution in [0.2, 0.25) is 0 Å². The first kappa shape index (κ1) is 17.1. The number of anilines is 1. The number of nitriles is 1. The average Bonchev–Trinajstić information content (AvgIpc) is 2.48. The Hall–Kier alpha value is -2.27. The molecule has 1 aromatic rings. The fourth-order valence-corrected chi connectivity index (χ4v) is 2.53. The molecule has 0 atom stereocenters. The Bertz CT molecular complexity index is 617. The summed E-state index contributed by atoms with van der Waals surface area (Å²) in [5, 5.41) is 23.1. The molecule has 1 fully saturated rings. The third-order valence-electron chi connectivity index (χ3n) is 3.74. The first-order valence-corrected chi connectivity index (χ1v) is 7.16. The second-order valence-corrected chi connectivity index (χ2v) is 5.47. The lowest BCUT2D eigenvalue weighted by molar-refractivity contribution is -0.137. The summed E-state index contributed by atoms with van der Waals surface area (Å²) in [5.74, 6) is 0. The monoisotopic (exact) mass is 327 g/mol. The van der Waals surface area contributed by atoms with Crippen LogP contribution >= 0.6 is 0 Å². The molecule has 0 aliphatic heterocycles. The van der Waals surface area contributed by atoms with Gasteiger partial charge in [-0.05, 0) is 43.9 Å². The number of aliphatic hydroxyl groups excluding tert-OH is 1. The molecule has 0 bridgehead atoms. The van der Waals surface area contributed by atoms with Gasteiger partial charge in [0.05, 0.1) is 23.3 Å². The molecule has 3 N–H and O–H groups in total. The van der Waals surface area contributed by atoms with Crippen molar-refractivity contribution < 1.29 is 23.1 Å². The van der Waals surface area contributed by atoms with Gasteiger partial charge in [0.1, 0.15) is 0 Å². The maximum atomic E-state index is 12.9. The number of hydrogen-bond acceptors (Lipinski definition) is 3. The molecule has 0 unspecified atom stereocenters. The number of benzene rings is 1. The molecular weight excluding hydrogens is 311 g/mol. The van der Waals surface area contributed by atoms with Gasteiger partial charge in [0.2, 0.25) is 0 Å². The van der Waals surface area contributed by atoms with Gasteiger partial charge in [0, 0.05) is 11.7 Å². The zero-order valence-corrected chi connectivity index (χ0v) is 12.2. The van der Waals surface area contributed by atoms with Crippen LogP contribution in [0.1, 0.15) is 36.8 Å². The normalized spacial score (nSPS) is 21.3. The number of hydrogen-bond donors (Lipinski definition) is 3. The number of nitrogens with zero attached hydrogens (tertiary/aromatic N) is 1. The van der Waals surface area contributed by atoms with Gasteiger partial charge in [-0.15, -0.1) is 0 Å². The summed E-state index contributed by atoms with van der Waals surface area (Å²) >= 11 is 0. The second kappa shape index (κ2) is 6.87. The van der Waals surface area contributed by atoms with Crippen molar-refractivity contribution in [1.82, 2.24) is 5.32 Å². The Morgan fingerprint density at radius 2 is 1.91 bits per heavy atom. The van der Waals surface area contributed by atoms with Crippen molar-refractivity contribution >= 4 is 11.7 Å². The molecule has 2 rings (SSSR count). The second-order valence-electron chi connectivity index (χ2n) is 5.47. The van der Waals surface area contributed by atoms with E-state index in [0.29, 0.717) is 25.7 Å². The predicted molar refractivity (Wildman–Crippen MR) is 76.6 cm³/mol. The van der Waals surface area contributed by atoms with E-state index >= 15 is 0 Å². The number of carbonyl (C=O) groups excluding carboxylic acids is 1. The summed E-state index contributed by atoms with van der Waals surface area (Å²) < 4.78 is 38.6. The van der Waals surface area contributed by atoms with E-state index in [1.54, 1.807) is 0 Å². The number of nitrogens with one attached hydrogen (secondary N) is 2. The Labute approximate surface area is 131 Å². The molecule has 1 aromatic carbocycles. The highest BCUT2D eigenvalue weighted by Crippen LogP contribution is 2.33. The van der Waals surface area contributed by atoms with Crippen LogP contribution in [0.25, 0.3) is 0 Å². The van der Waals surface area contributed by atoms with Gasteiger partial charge in [-0.2, -0.15) is 18.4 Å². The molecular formula is C15H16F3N3O2. The van der Waals surface area contributed by atoms with Crippen LogP contribution in [0, 0.1) is 11.3 Å². The van der Waals surface area contributed by atoms with Gasteiger partial charge < -0.3 is 15.7 Å². The van der Waals surface area contributed by atoms with Gasteiger partial charge in [-0.1, -0.05) is 0 Å². The van der Waals surface area contributed by atoms with Crippen molar-refractivity contribution in [3.63, 3.8) is 0 Å². The highest BCUT2D eigenvalue weighted by molar-refractivity contribution is 5.89. The number of amides is 2. The van der Waals surface area contributed by atoms with Crippen LogP contribution in [-0.2, 0) is 6.18 Å². The lowest BCUT2D eigenvalue weighted by Gasteiger charge is -2.26. The Kier molecular flexibility index (Phi) is 5.11. The molecule has 8 heteroatoms. The van der Waals surface area contributed by atoms with Crippen molar-refractivity contribution in [3.05, 3.63) is 29.3 Å². The molecule has 1 aliphatic carbocycles. The fourth-order valence-electron chi connectivity index (χ4n) is 2.53. The lowest BCUT2D eigenvalue weighted by atomic mass is 9.93. The van der Waals surface area contributed by atoms with E-state index in [9.17, 15) is 23.1 Å². The van der Waals surface area contributed by atoms with Crippen LogP contribution in [0.3, 0.4) is 0 Å². The van der Waals surface area contributed by atoms with Gasteiger partial charge >= 0.3 is 12.2 Å². The molecule has 0 saturated heterocycles. The minimum absolute atomic E-state index is 0.0373. The smallest absolute Gasteiger partial charge is 0.393 e. The fraction of sp³-hybridized carbons (Fsp3) is 0.467. The van der Waals surface area contributed by atoms with Crippen molar-refractivity contribution in [2.24, 2.45) is 0 Å². The molecule has 124 valence electrons. The SMILES string of the molecule is N#Cc1ccc(NC(=O)NC2CCC(O)CC2)cc1C(F)(F)F. The molecule has 5 nitrogen and oxygen atoms in total. The Morgan fingerprint density at radius 1 is 1.26 bits per heavy atom. The third-order valence-corrected chi connectivity index (χ3v) is 3.74. The predicted octanol–water partition coefficient (Wildman–Crippen LogP) is 3.00. The highest BCUT2D eigenvalue weighted by Gasteiger charge is 2.34. The molecule has 23 heavy (non-hydrogen) atoms. The van der Waals surface area contributed by atoms with E-state index in [2.05, 4.69) is 10.6 Å². The molecule has 0 spiro atoms. The number of halogens is 3. The first-order chi connectivity index (χ1) is 10.8. The average molecular weight is 327 g/mol. The van der Waals surface area contributed by atoms with Crippen LogP contribution < -0.4 is 10.6 Å². The van der Waals surface area contributed by atoms with Crippen molar-refractivity contribution in [2.75, 3.05) is 5.32 Å². The molecule has 2 amide bonds. The first-order valence-electron chi connectivity index (χ1n) is 7.16. The van der Waals surface area contributed by atoms with E-state index in [1.165, 1.54) is 12.1 Å². The van der Waals surface area contributed by atoms with Crippen LogP contribution in [0.5, 0.6) is 0 Å². The van der Waals surface area contributed by atoms with Gasteiger partial charge in [0.25, 0.3) is 0 Å². The van der Waals surface area contributed by atoms with E-state index in [4.69, 9.17) is 5.26 Å². The number of rotatable bonds is 2. The summed E-state index contributed by atoms with van der Waals surface area (Å²) in [5.41, 5.74) is -1.62. The largest absolute Gasteiger partial charge is 0.417 e. The minimum atomic E-state index is -4.67. The van der Waals surface area contributed by atoms with Crippen molar-refractivity contribution in [3.8, 4) is 6.07 Å². The molecule has 1 saturated carbocycles. The zero-order valence-electron chi connectivity index (χ0n) is 12.2. The third kappa shape index (κ3) is 4.60. The standard InChI is InChI=1S/C15H16F3N3O2/c16-15(17,18)13-7-11(2-1-9(13)8-19)21-14(23)20-10-3-5-12(22)6-4-10/h1-2,7,10,12,22H,3-6H2,(H2,20,21,23). The summed E-state index contributed by atoms with van der Waals surface area (Å²) in [6.45, 7) is 0. The molecule has 1 aliphatic rings. The van der Waals surface area contributed by atoms with E-state index < -0.39 is 23.3 Å². The van der Waals surface area contributed by atoms with E-state index in [-0.39, 0.29) is 17.8 Å². The van der Waals surface area contributed by atoms with Crippen molar-refractivity contribution in [2.45, 2.75) is 44.0 Å². The maximum Gasteiger partial charge on any atom is 0.417 e. The number of carbonyl (C=O) groups is 1. The highest BCUT2D eigenvalue weighted by atomic mass is 19.4. The minimum Gasteiger partial charge on any atom is -0.393 e. The van der Waals surface area contributed by atoms with E-state index in [1.807, 2.05) is 0 Å². The molecule has 0 radical (unpaired) electrons. The lowest BCUT2D eigenvalue weighted by Crippen LogP contribution is -2.40. The summed E-state index contributed by atoms with van der Waals surface area (Å²) in [6, 6.07) is 3.77. The Morgan fingerprint density at radius 3 is 2.48 bits per heavy atom. The summed E-state index contributed by atoms with van der Waals surface area (Å²) in [7, 11) is 0. The zero-order chi connectivity index (χ0) is 17.0. The molecule has 0 heterocycles. The number of aliphatic hydroxyl groups is 1. The van der Waals surface area contributed by atoms with E-state index in [0.717, 1.165) is 12.1 Å². The van der Waals surface area contributed by atoms with Gasteiger partial charge in [-0.25, -0.2) is 4.79 Å². The van der Waals surface area contributed by atoms with Crippen LogP contribution in [0.4, 0.5) is 23.7 Å². The summed E-state index contributed by atoms with van der Waals surface area (Å²) in [4.78, 5) is 11.8. The maximum absolute atomic E-state index is 12.9. The van der Waals surface area contributed by atoms with Gasteiger partial charge in [-0.3, -0.25) is 0 Å². The van der Waals surface area contributed by atoms with Gasteiger partial charge in [0.15, 0.2) is 0 Å². The van der Waals surface area contributed by atoms with Crippen LogP contribution in [-0.4, -0.2) is 23.3 Å². The van der Waals surface area contributed by atoms with Crippen molar-refractivity contribution in [1.29, 1.82) is 5.26 Å². The quantitative estimate of drug-likeness (QED) is 0.780. The molecule has 0 aromatic heterocycles.